The zero-order valence-electron chi connectivity index (χ0n) is 10.7. The summed E-state index contributed by atoms with van der Waals surface area (Å²) in [5.74, 6) is -0.801. The Bertz CT molecular complexity index is 407. The number of aryl methyl sites for hydroxylation is 1. The van der Waals surface area contributed by atoms with Gasteiger partial charge in [-0.25, -0.2) is 4.79 Å². The summed E-state index contributed by atoms with van der Waals surface area (Å²) >= 11 is 0. The number of aliphatic carboxylic acids is 1. The van der Waals surface area contributed by atoms with Crippen molar-refractivity contribution in [2.24, 2.45) is 0 Å². The van der Waals surface area contributed by atoms with Crippen molar-refractivity contribution in [3.63, 3.8) is 0 Å². The van der Waals surface area contributed by atoms with Crippen molar-refractivity contribution in [3.05, 3.63) is 47.2 Å². The van der Waals surface area contributed by atoms with Gasteiger partial charge in [0, 0.05) is 5.57 Å². The molecule has 0 unspecified atom stereocenters. The van der Waals surface area contributed by atoms with E-state index in [1.165, 1.54) is 5.56 Å². The predicted molar refractivity (Wildman–Crippen MR) is 73.8 cm³/mol. The highest BCUT2D eigenvalue weighted by Gasteiger charge is 2.19. The molecule has 0 aliphatic rings. The molecule has 0 saturated carbocycles. The summed E-state index contributed by atoms with van der Waals surface area (Å²) in [5, 5.41) is 8.88. The number of carboxylic acid groups (broad SMARTS) is 1. The fourth-order valence-corrected chi connectivity index (χ4v) is 4.20. The molecule has 0 spiro atoms. The minimum absolute atomic E-state index is 0.481. The summed E-state index contributed by atoms with van der Waals surface area (Å²) in [4.78, 5) is 10.8. The molecule has 2 nitrogen and oxygen atoms in total. The van der Waals surface area contributed by atoms with E-state index in [1.54, 1.807) is 6.92 Å². The van der Waals surface area contributed by atoms with Gasteiger partial charge in [-0.1, -0.05) is 55.2 Å². The molecule has 17 heavy (non-hydrogen) atoms. The third-order valence-corrected chi connectivity index (χ3v) is 5.60. The minimum Gasteiger partial charge on any atom is -0.478 e. The Labute approximate surface area is 104 Å². The molecule has 0 saturated heterocycles. The molecule has 1 rings (SSSR count). The van der Waals surface area contributed by atoms with E-state index >= 15 is 0 Å². The Morgan fingerprint density at radius 1 is 1.29 bits per heavy atom. The van der Waals surface area contributed by atoms with Crippen LogP contribution in [0.1, 0.15) is 12.5 Å². The van der Waals surface area contributed by atoms with Gasteiger partial charge in [0.25, 0.3) is 0 Å². The topological polar surface area (TPSA) is 37.3 Å². The number of hydrogen-bond donors (Lipinski definition) is 1. The number of rotatable bonds is 5. The average Bonchev–Trinajstić information content (AvgIpc) is 2.27. The van der Waals surface area contributed by atoms with Crippen molar-refractivity contribution in [2.75, 3.05) is 0 Å². The monoisotopic (exact) mass is 248 g/mol. The SMILES string of the molecule is CC(=C[Si](C)(C)CCc1ccccc1)C(=O)O. The van der Waals surface area contributed by atoms with Crippen LogP contribution < -0.4 is 0 Å². The van der Waals surface area contributed by atoms with Gasteiger partial charge in [-0.15, -0.1) is 0 Å². The third-order valence-electron chi connectivity index (χ3n) is 2.85. The second-order valence-corrected chi connectivity index (χ2v) is 9.87. The van der Waals surface area contributed by atoms with E-state index in [0.29, 0.717) is 5.57 Å². The first kappa shape index (κ1) is 13.7. The number of hydrogen-bond acceptors (Lipinski definition) is 1. The van der Waals surface area contributed by atoms with E-state index in [4.69, 9.17) is 5.11 Å². The lowest BCUT2D eigenvalue weighted by atomic mass is 10.2. The maximum Gasteiger partial charge on any atom is 0.330 e. The van der Waals surface area contributed by atoms with Crippen LogP contribution in [-0.2, 0) is 11.2 Å². The Hall–Kier alpha value is -1.35. The van der Waals surface area contributed by atoms with Crippen LogP contribution in [0.3, 0.4) is 0 Å². The molecule has 1 aromatic rings. The lowest BCUT2D eigenvalue weighted by Gasteiger charge is -2.18. The Morgan fingerprint density at radius 3 is 2.41 bits per heavy atom. The number of carbonyl (C=O) groups is 1. The van der Waals surface area contributed by atoms with Gasteiger partial charge >= 0.3 is 5.97 Å². The predicted octanol–water partition coefficient (Wildman–Crippen LogP) is 3.51. The first-order chi connectivity index (χ1) is 7.91. The second-order valence-electron chi connectivity index (χ2n) is 5.11. The van der Waals surface area contributed by atoms with Crippen LogP contribution in [0.25, 0.3) is 0 Å². The van der Waals surface area contributed by atoms with Gasteiger partial charge in [0.1, 0.15) is 0 Å². The quantitative estimate of drug-likeness (QED) is 0.639. The average molecular weight is 248 g/mol. The molecule has 3 heteroatoms. The third kappa shape index (κ3) is 5.00. The normalized spacial score (nSPS) is 12.5. The van der Waals surface area contributed by atoms with Gasteiger partial charge < -0.3 is 5.11 Å². The van der Waals surface area contributed by atoms with Gasteiger partial charge in [0.15, 0.2) is 0 Å². The molecule has 1 N–H and O–H groups in total. The Morgan fingerprint density at radius 2 is 1.88 bits per heavy atom. The highest BCUT2D eigenvalue weighted by Crippen LogP contribution is 2.17. The molecular formula is C14H20O2Si. The smallest absolute Gasteiger partial charge is 0.330 e. The Balaban J connectivity index is 2.62. The van der Waals surface area contributed by atoms with Crippen LogP contribution in [0.15, 0.2) is 41.6 Å². The highest BCUT2D eigenvalue weighted by atomic mass is 28.3. The molecule has 0 radical (unpaired) electrons. The summed E-state index contributed by atoms with van der Waals surface area (Å²) in [5.41, 5.74) is 3.79. The summed E-state index contributed by atoms with van der Waals surface area (Å²) in [6, 6.07) is 11.4. The van der Waals surface area contributed by atoms with Crippen LogP contribution >= 0.6 is 0 Å². The highest BCUT2D eigenvalue weighted by molar-refractivity contribution is 6.82. The molecule has 1 aromatic carbocycles. The van der Waals surface area contributed by atoms with Gasteiger partial charge in [-0.3, -0.25) is 0 Å². The van der Waals surface area contributed by atoms with Crippen LogP contribution in [-0.4, -0.2) is 19.1 Å². The van der Waals surface area contributed by atoms with Crippen molar-refractivity contribution in [3.8, 4) is 0 Å². The standard InChI is InChI=1S/C14H20O2Si/c1-12(14(15)16)11-17(2,3)10-9-13-7-5-4-6-8-13/h4-8,11H,9-10H2,1-3H3,(H,15,16). The van der Waals surface area contributed by atoms with Crippen molar-refractivity contribution >= 4 is 14.0 Å². The molecule has 0 amide bonds. The van der Waals surface area contributed by atoms with Crippen molar-refractivity contribution in [1.82, 2.24) is 0 Å². The molecular weight excluding hydrogens is 228 g/mol. The Kier molecular flexibility index (Phi) is 4.69. The first-order valence-electron chi connectivity index (χ1n) is 5.87. The van der Waals surface area contributed by atoms with Gasteiger partial charge in [-0.05, 0) is 18.9 Å². The molecule has 0 aliphatic carbocycles. The lowest BCUT2D eigenvalue weighted by Crippen LogP contribution is -2.24. The molecule has 0 aromatic heterocycles. The molecule has 0 fully saturated rings. The second kappa shape index (κ2) is 5.82. The zero-order chi connectivity index (χ0) is 12.9. The van der Waals surface area contributed by atoms with E-state index < -0.39 is 14.0 Å². The van der Waals surface area contributed by atoms with Crippen molar-refractivity contribution in [1.29, 1.82) is 0 Å². The minimum atomic E-state index is -1.55. The zero-order valence-corrected chi connectivity index (χ0v) is 11.7. The van der Waals surface area contributed by atoms with Gasteiger partial charge in [0.2, 0.25) is 0 Å². The van der Waals surface area contributed by atoms with Crippen molar-refractivity contribution < 1.29 is 9.90 Å². The van der Waals surface area contributed by atoms with E-state index in [9.17, 15) is 4.79 Å². The van der Waals surface area contributed by atoms with Gasteiger partial charge in [0.05, 0.1) is 8.07 Å². The van der Waals surface area contributed by atoms with E-state index in [2.05, 4.69) is 25.2 Å². The lowest BCUT2D eigenvalue weighted by molar-refractivity contribution is -0.132. The van der Waals surface area contributed by atoms with Crippen LogP contribution in [0, 0.1) is 0 Å². The molecule has 0 heterocycles. The summed E-state index contributed by atoms with van der Waals surface area (Å²) in [6.07, 6.45) is 1.03. The fourth-order valence-electron chi connectivity index (χ4n) is 1.83. The van der Waals surface area contributed by atoms with Crippen molar-refractivity contribution in [2.45, 2.75) is 32.5 Å². The molecule has 0 bridgehead atoms. The van der Waals surface area contributed by atoms with E-state index in [-0.39, 0.29) is 0 Å². The van der Waals surface area contributed by atoms with Crippen LogP contribution in [0.2, 0.25) is 19.1 Å². The number of benzene rings is 1. The largest absolute Gasteiger partial charge is 0.478 e. The summed E-state index contributed by atoms with van der Waals surface area (Å²) in [6.45, 7) is 6.10. The maximum absolute atomic E-state index is 10.8. The maximum atomic E-state index is 10.8. The molecule has 0 atom stereocenters. The molecule has 0 aliphatic heterocycles. The van der Waals surface area contributed by atoms with E-state index in [0.717, 1.165) is 12.5 Å². The number of carboxylic acids is 1. The summed E-state index contributed by atoms with van der Waals surface area (Å²) < 4.78 is 0. The molecule has 92 valence electrons. The summed E-state index contributed by atoms with van der Waals surface area (Å²) in [7, 11) is -1.55. The first-order valence-corrected chi connectivity index (χ1v) is 9.16. The van der Waals surface area contributed by atoms with Crippen LogP contribution in [0.4, 0.5) is 0 Å². The fraction of sp³-hybridized carbons (Fsp3) is 0.357. The van der Waals surface area contributed by atoms with Gasteiger partial charge in [-0.2, -0.15) is 0 Å². The van der Waals surface area contributed by atoms with Crippen LogP contribution in [0.5, 0.6) is 0 Å². The van der Waals surface area contributed by atoms with E-state index in [1.807, 2.05) is 23.9 Å².